The Bertz CT molecular complexity index is 672. The molecule has 1 unspecified atom stereocenters. The van der Waals surface area contributed by atoms with Gasteiger partial charge in [0.2, 0.25) is 11.8 Å². The number of nitrogens with one attached hydrogen (secondary N) is 2. The predicted octanol–water partition coefficient (Wildman–Crippen LogP) is 2.15. The SMILES string of the molecule is Cl.O=C(NCCc1nc(Cc2ccccc2Cl)no1)C1CCCN1. The number of hydrogen-bond acceptors (Lipinski definition) is 5. The summed E-state index contributed by atoms with van der Waals surface area (Å²) in [6.07, 6.45) is 3.00. The molecule has 3 rings (SSSR count). The summed E-state index contributed by atoms with van der Waals surface area (Å²) in [5, 5.41) is 10.7. The second-order valence-electron chi connectivity index (χ2n) is 5.56. The fourth-order valence-electron chi connectivity index (χ4n) is 2.60. The molecule has 2 heterocycles. The maximum atomic E-state index is 11.9. The largest absolute Gasteiger partial charge is 0.354 e. The molecular formula is C16H20Cl2N4O2. The van der Waals surface area contributed by atoms with Crippen LogP contribution in [-0.2, 0) is 17.6 Å². The van der Waals surface area contributed by atoms with Gasteiger partial charge in [-0.15, -0.1) is 12.4 Å². The Kier molecular flexibility index (Phi) is 7.02. The van der Waals surface area contributed by atoms with E-state index in [0.717, 1.165) is 24.9 Å². The van der Waals surface area contributed by atoms with Gasteiger partial charge in [-0.3, -0.25) is 4.79 Å². The topological polar surface area (TPSA) is 80.1 Å². The smallest absolute Gasteiger partial charge is 0.237 e. The highest BCUT2D eigenvalue weighted by atomic mass is 35.5. The number of halogens is 2. The standard InChI is InChI=1S/C16H19ClN4O2.ClH/c17-12-5-2-1-4-11(12)10-14-20-15(23-21-14)7-9-19-16(22)13-6-3-8-18-13;/h1-2,4-5,13,18H,3,6-10H2,(H,19,22);1H. The van der Waals surface area contributed by atoms with Crippen LogP contribution in [0.15, 0.2) is 28.8 Å². The molecular weight excluding hydrogens is 351 g/mol. The van der Waals surface area contributed by atoms with Crippen LogP contribution >= 0.6 is 24.0 Å². The van der Waals surface area contributed by atoms with Crippen LogP contribution in [0.4, 0.5) is 0 Å². The Labute approximate surface area is 151 Å². The number of rotatable bonds is 6. The minimum Gasteiger partial charge on any atom is -0.354 e. The van der Waals surface area contributed by atoms with Gasteiger partial charge < -0.3 is 15.2 Å². The number of hydrogen-bond donors (Lipinski definition) is 2. The second-order valence-corrected chi connectivity index (χ2v) is 5.97. The number of nitrogens with zero attached hydrogens (tertiary/aromatic N) is 2. The first-order chi connectivity index (χ1) is 11.2. The highest BCUT2D eigenvalue weighted by molar-refractivity contribution is 6.31. The zero-order chi connectivity index (χ0) is 16.1. The third-order valence-corrected chi connectivity index (χ3v) is 4.20. The maximum absolute atomic E-state index is 11.9. The van der Waals surface area contributed by atoms with Crippen LogP contribution in [0.5, 0.6) is 0 Å². The Morgan fingerprint density at radius 3 is 3.00 bits per heavy atom. The van der Waals surface area contributed by atoms with Crippen LogP contribution in [0.25, 0.3) is 0 Å². The van der Waals surface area contributed by atoms with Crippen molar-refractivity contribution in [1.29, 1.82) is 0 Å². The van der Waals surface area contributed by atoms with E-state index in [-0.39, 0.29) is 24.4 Å². The minimum absolute atomic E-state index is 0. The molecule has 1 saturated heterocycles. The molecule has 0 aliphatic carbocycles. The van der Waals surface area contributed by atoms with Gasteiger partial charge in [0, 0.05) is 24.4 Å². The van der Waals surface area contributed by atoms with Crippen molar-refractivity contribution >= 4 is 29.9 Å². The average molecular weight is 371 g/mol. The molecule has 2 N–H and O–H groups in total. The van der Waals surface area contributed by atoms with Gasteiger partial charge in [-0.1, -0.05) is 35.0 Å². The van der Waals surface area contributed by atoms with E-state index in [2.05, 4.69) is 20.8 Å². The minimum atomic E-state index is -0.0616. The van der Waals surface area contributed by atoms with Crippen molar-refractivity contribution in [1.82, 2.24) is 20.8 Å². The molecule has 1 aromatic heterocycles. The lowest BCUT2D eigenvalue weighted by Gasteiger charge is -2.09. The summed E-state index contributed by atoms with van der Waals surface area (Å²) in [5.74, 6) is 1.15. The highest BCUT2D eigenvalue weighted by Gasteiger charge is 2.21. The molecule has 1 amide bonds. The van der Waals surface area contributed by atoms with Crippen molar-refractivity contribution < 1.29 is 9.32 Å². The third-order valence-electron chi connectivity index (χ3n) is 3.83. The van der Waals surface area contributed by atoms with Crippen LogP contribution in [0.3, 0.4) is 0 Å². The van der Waals surface area contributed by atoms with Gasteiger partial charge in [-0.05, 0) is 31.0 Å². The van der Waals surface area contributed by atoms with Gasteiger partial charge in [0.15, 0.2) is 5.82 Å². The molecule has 24 heavy (non-hydrogen) atoms. The molecule has 8 heteroatoms. The number of carbonyl (C=O) groups excluding carboxylic acids is 1. The van der Waals surface area contributed by atoms with Crippen molar-refractivity contribution in [2.75, 3.05) is 13.1 Å². The molecule has 6 nitrogen and oxygen atoms in total. The molecule has 130 valence electrons. The van der Waals surface area contributed by atoms with E-state index >= 15 is 0 Å². The third kappa shape index (κ3) is 4.93. The van der Waals surface area contributed by atoms with Crippen molar-refractivity contribution in [3.05, 3.63) is 46.6 Å². The van der Waals surface area contributed by atoms with Gasteiger partial charge in [0.05, 0.1) is 6.04 Å². The quantitative estimate of drug-likeness (QED) is 0.814. The van der Waals surface area contributed by atoms with Gasteiger partial charge in [-0.25, -0.2) is 0 Å². The zero-order valence-corrected chi connectivity index (χ0v) is 14.7. The van der Waals surface area contributed by atoms with Crippen LogP contribution < -0.4 is 10.6 Å². The van der Waals surface area contributed by atoms with Gasteiger partial charge in [0.25, 0.3) is 0 Å². The summed E-state index contributed by atoms with van der Waals surface area (Å²) in [4.78, 5) is 16.2. The zero-order valence-electron chi connectivity index (χ0n) is 13.1. The maximum Gasteiger partial charge on any atom is 0.237 e. The summed E-state index contributed by atoms with van der Waals surface area (Å²) in [5.41, 5.74) is 0.960. The summed E-state index contributed by atoms with van der Waals surface area (Å²) in [6.45, 7) is 1.40. The first-order valence-corrected chi connectivity index (χ1v) is 8.16. The van der Waals surface area contributed by atoms with Crippen molar-refractivity contribution in [2.45, 2.75) is 31.7 Å². The first kappa shape index (κ1) is 18.7. The van der Waals surface area contributed by atoms with Gasteiger partial charge >= 0.3 is 0 Å². The van der Waals surface area contributed by atoms with E-state index < -0.39 is 0 Å². The summed E-state index contributed by atoms with van der Waals surface area (Å²) in [7, 11) is 0. The number of amides is 1. The van der Waals surface area contributed by atoms with Crippen LogP contribution in [0.2, 0.25) is 5.02 Å². The monoisotopic (exact) mass is 370 g/mol. The Morgan fingerprint density at radius 2 is 2.25 bits per heavy atom. The second kappa shape index (κ2) is 9.01. The highest BCUT2D eigenvalue weighted by Crippen LogP contribution is 2.17. The molecule has 2 aromatic rings. The number of benzene rings is 1. The number of aromatic nitrogens is 2. The van der Waals surface area contributed by atoms with Crippen molar-refractivity contribution in [2.24, 2.45) is 0 Å². The van der Waals surface area contributed by atoms with Crippen LogP contribution in [0.1, 0.15) is 30.1 Å². The molecule has 0 spiro atoms. The van der Waals surface area contributed by atoms with E-state index in [1.54, 1.807) is 0 Å². The van der Waals surface area contributed by atoms with Crippen LogP contribution in [-0.4, -0.2) is 35.2 Å². The molecule has 1 fully saturated rings. The van der Waals surface area contributed by atoms with E-state index in [9.17, 15) is 4.79 Å². The van der Waals surface area contributed by atoms with Gasteiger partial charge in [0.1, 0.15) is 0 Å². The molecule has 0 bridgehead atoms. The van der Waals surface area contributed by atoms with E-state index in [1.807, 2.05) is 24.3 Å². The van der Waals surface area contributed by atoms with Crippen LogP contribution in [0, 0.1) is 0 Å². The molecule has 1 aromatic carbocycles. The molecule has 0 saturated carbocycles. The molecule has 1 aliphatic heterocycles. The average Bonchev–Trinajstić information content (AvgIpc) is 3.21. The summed E-state index contributed by atoms with van der Waals surface area (Å²) in [6, 6.07) is 7.52. The molecule has 1 aliphatic rings. The van der Waals surface area contributed by atoms with Crippen molar-refractivity contribution in [3.8, 4) is 0 Å². The lowest BCUT2D eigenvalue weighted by molar-refractivity contribution is -0.122. The summed E-state index contributed by atoms with van der Waals surface area (Å²) >= 11 is 6.12. The first-order valence-electron chi connectivity index (χ1n) is 7.78. The summed E-state index contributed by atoms with van der Waals surface area (Å²) < 4.78 is 5.21. The Morgan fingerprint density at radius 1 is 1.42 bits per heavy atom. The van der Waals surface area contributed by atoms with E-state index in [0.29, 0.717) is 36.1 Å². The molecule has 0 radical (unpaired) electrons. The fraction of sp³-hybridized carbons (Fsp3) is 0.438. The van der Waals surface area contributed by atoms with Crippen molar-refractivity contribution in [3.63, 3.8) is 0 Å². The Balaban J connectivity index is 0.00000208. The van der Waals surface area contributed by atoms with E-state index in [4.69, 9.17) is 16.1 Å². The number of carbonyl (C=O) groups is 1. The molecule has 1 atom stereocenters. The Hall–Kier alpha value is -1.63. The van der Waals surface area contributed by atoms with E-state index in [1.165, 1.54) is 0 Å². The lowest BCUT2D eigenvalue weighted by Crippen LogP contribution is -2.41. The van der Waals surface area contributed by atoms with Gasteiger partial charge in [-0.2, -0.15) is 4.98 Å². The lowest BCUT2D eigenvalue weighted by atomic mass is 10.1. The fourth-order valence-corrected chi connectivity index (χ4v) is 2.80. The normalized spacial score (nSPS) is 16.6. The predicted molar refractivity (Wildman–Crippen MR) is 93.5 cm³/mol.